The maximum absolute atomic E-state index is 11.8. The minimum absolute atomic E-state index is 0.252. The van der Waals surface area contributed by atoms with Crippen LogP contribution in [-0.2, 0) is 23.7 Å². The second-order valence-electron chi connectivity index (χ2n) is 6.44. The van der Waals surface area contributed by atoms with Gasteiger partial charge in [-0.05, 0) is 50.5 Å². The van der Waals surface area contributed by atoms with Crippen molar-refractivity contribution in [3.8, 4) is 5.75 Å². The number of rotatable bonds is 20. The van der Waals surface area contributed by atoms with Crippen LogP contribution in [0.2, 0.25) is 0 Å². The summed E-state index contributed by atoms with van der Waals surface area (Å²) in [6.45, 7) is 7.13. The lowest BCUT2D eigenvalue weighted by atomic mass is 10.1. The van der Waals surface area contributed by atoms with Crippen LogP contribution in [0, 0.1) is 0 Å². The molecule has 166 valence electrons. The molecule has 0 fully saturated rings. The summed E-state index contributed by atoms with van der Waals surface area (Å²) in [7, 11) is 0. The second-order valence-corrected chi connectivity index (χ2v) is 7.35. The van der Waals surface area contributed by atoms with Crippen molar-refractivity contribution in [2.45, 2.75) is 39.0 Å². The fourth-order valence-corrected chi connectivity index (χ4v) is 2.70. The third kappa shape index (κ3) is 16.5. The summed E-state index contributed by atoms with van der Waals surface area (Å²) in [5.74, 6) is 1.13. The number of benzene rings is 1. The number of unbranched alkanes of at least 4 members (excludes halogenated alkanes) is 2. The smallest absolute Gasteiger partial charge is 0.135 e. The topological polar surface area (TPSA) is 63.2 Å². The Kier molecular flexibility index (Phi) is 17.1. The SMILES string of the molecule is CCOCCOCCOCCOCCC(=O)CCCCCOc1ccc(Br)cc1. The van der Waals surface area contributed by atoms with E-state index < -0.39 is 0 Å². The Morgan fingerprint density at radius 1 is 0.724 bits per heavy atom. The summed E-state index contributed by atoms with van der Waals surface area (Å²) in [6.07, 6.45) is 3.91. The molecule has 0 amide bonds. The van der Waals surface area contributed by atoms with Crippen LogP contribution in [0.15, 0.2) is 28.7 Å². The van der Waals surface area contributed by atoms with E-state index in [1.165, 1.54) is 0 Å². The number of hydrogen-bond donors (Lipinski definition) is 0. The van der Waals surface area contributed by atoms with Crippen molar-refractivity contribution in [3.05, 3.63) is 28.7 Å². The van der Waals surface area contributed by atoms with Crippen LogP contribution in [0.1, 0.15) is 39.0 Å². The normalized spacial score (nSPS) is 11.0. The highest BCUT2D eigenvalue weighted by molar-refractivity contribution is 9.10. The monoisotopic (exact) mass is 474 g/mol. The van der Waals surface area contributed by atoms with Crippen LogP contribution < -0.4 is 4.74 Å². The minimum Gasteiger partial charge on any atom is -0.494 e. The van der Waals surface area contributed by atoms with E-state index in [0.717, 1.165) is 29.5 Å². The molecule has 0 aliphatic rings. The first-order valence-electron chi connectivity index (χ1n) is 10.4. The van der Waals surface area contributed by atoms with Gasteiger partial charge in [0.05, 0.1) is 52.9 Å². The van der Waals surface area contributed by atoms with Crippen LogP contribution in [0.5, 0.6) is 5.75 Å². The zero-order chi connectivity index (χ0) is 21.0. The van der Waals surface area contributed by atoms with Gasteiger partial charge in [0.2, 0.25) is 0 Å². The standard InChI is InChI=1S/C22H35BrO6/c1-2-25-14-15-27-18-19-28-17-16-26-13-11-21(24)6-4-3-5-12-29-22-9-7-20(23)8-10-22/h7-10H,2-6,11-19H2,1H3. The van der Waals surface area contributed by atoms with Crippen LogP contribution >= 0.6 is 15.9 Å². The van der Waals surface area contributed by atoms with E-state index in [1.54, 1.807) is 0 Å². The van der Waals surface area contributed by atoms with Crippen molar-refractivity contribution in [1.29, 1.82) is 0 Å². The van der Waals surface area contributed by atoms with Gasteiger partial charge in [0.15, 0.2) is 0 Å². The summed E-state index contributed by atoms with van der Waals surface area (Å²) in [6, 6.07) is 7.80. The van der Waals surface area contributed by atoms with E-state index >= 15 is 0 Å². The predicted octanol–water partition coefficient (Wildman–Crippen LogP) is 4.43. The molecule has 0 aromatic heterocycles. The largest absolute Gasteiger partial charge is 0.494 e. The van der Waals surface area contributed by atoms with Gasteiger partial charge in [0, 0.05) is 23.9 Å². The van der Waals surface area contributed by atoms with Gasteiger partial charge in [0.25, 0.3) is 0 Å². The number of ether oxygens (including phenoxy) is 5. The number of hydrogen-bond acceptors (Lipinski definition) is 6. The van der Waals surface area contributed by atoms with E-state index in [4.69, 9.17) is 23.7 Å². The van der Waals surface area contributed by atoms with Crippen LogP contribution in [-0.4, -0.2) is 65.2 Å². The van der Waals surface area contributed by atoms with E-state index in [0.29, 0.717) is 72.3 Å². The molecule has 29 heavy (non-hydrogen) atoms. The second kappa shape index (κ2) is 19.0. The van der Waals surface area contributed by atoms with Gasteiger partial charge in [-0.25, -0.2) is 0 Å². The molecule has 0 aliphatic carbocycles. The lowest BCUT2D eigenvalue weighted by molar-refractivity contribution is -0.120. The van der Waals surface area contributed by atoms with Gasteiger partial charge >= 0.3 is 0 Å². The van der Waals surface area contributed by atoms with E-state index in [9.17, 15) is 4.79 Å². The van der Waals surface area contributed by atoms with Crippen molar-refractivity contribution < 1.29 is 28.5 Å². The molecule has 0 unspecified atom stereocenters. The van der Waals surface area contributed by atoms with Gasteiger partial charge in [-0.1, -0.05) is 15.9 Å². The van der Waals surface area contributed by atoms with Crippen molar-refractivity contribution >= 4 is 21.7 Å². The highest BCUT2D eigenvalue weighted by Crippen LogP contribution is 2.16. The van der Waals surface area contributed by atoms with E-state index in [-0.39, 0.29) is 5.78 Å². The highest BCUT2D eigenvalue weighted by atomic mass is 79.9. The lowest BCUT2D eigenvalue weighted by Crippen LogP contribution is -2.12. The first-order chi connectivity index (χ1) is 14.2. The molecule has 1 aromatic rings. The van der Waals surface area contributed by atoms with Crippen molar-refractivity contribution in [2.24, 2.45) is 0 Å². The molecule has 0 aliphatic heterocycles. The Morgan fingerprint density at radius 3 is 1.93 bits per heavy atom. The molecular formula is C22H35BrO6. The Morgan fingerprint density at radius 2 is 1.31 bits per heavy atom. The number of ketones is 1. The molecule has 0 bridgehead atoms. The fourth-order valence-electron chi connectivity index (χ4n) is 2.44. The van der Waals surface area contributed by atoms with Gasteiger partial charge in [-0.3, -0.25) is 4.79 Å². The molecule has 7 heteroatoms. The maximum atomic E-state index is 11.8. The Balaban J connectivity index is 1.79. The number of Topliss-reactive ketones (excluding diaryl/α,β-unsaturated/α-hetero) is 1. The third-order valence-corrected chi connectivity index (χ3v) is 4.56. The van der Waals surface area contributed by atoms with Crippen LogP contribution in [0.3, 0.4) is 0 Å². The predicted molar refractivity (Wildman–Crippen MR) is 117 cm³/mol. The molecule has 0 N–H and O–H groups in total. The first-order valence-corrected chi connectivity index (χ1v) is 11.2. The average molecular weight is 475 g/mol. The molecule has 0 spiro atoms. The number of carbonyl (C=O) groups is 1. The molecule has 0 atom stereocenters. The quantitative estimate of drug-likeness (QED) is 0.260. The Hall–Kier alpha value is -0.990. The summed E-state index contributed by atoms with van der Waals surface area (Å²) in [5, 5.41) is 0. The summed E-state index contributed by atoms with van der Waals surface area (Å²) < 4.78 is 28.0. The Labute approximate surface area is 183 Å². The molecular weight excluding hydrogens is 440 g/mol. The highest BCUT2D eigenvalue weighted by Gasteiger charge is 2.02. The first kappa shape index (κ1) is 26.0. The van der Waals surface area contributed by atoms with Crippen molar-refractivity contribution in [1.82, 2.24) is 0 Å². The molecule has 0 radical (unpaired) electrons. The average Bonchev–Trinajstić information content (AvgIpc) is 2.72. The number of carbonyl (C=O) groups excluding carboxylic acids is 1. The zero-order valence-corrected chi connectivity index (χ0v) is 19.1. The molecule has 1 rings (SSSR count). The summed E-state index contributed by atoms with van der Waals surface area (Å²) in [5.41, 5.74) is 0. The van der Waals surface area contributed by atoms with E-state index in [1.807, 2.05) is 31.2 Å². The number of halogens is 1. The zero-order valence-electron chi connectivity index (χ0n) is 17.5. The molecule has 1 aromatic carbocycles. The molecule has 0 saturated carbocycles. The van der Waals surface area contributed by atoms with Crippen molar-refractivity contribution in [3.63, 3.8) is 0 Å². The van der Waals surface area contributed by atoms with Crippen LogP contribution in [0.25, 0.3) is 0 Å². The third-order valence-electron chi connectivity index (χ3n) is 4.03. The minimum atomic E-state index is 0.252. The fraction of sp³-hybridized carbons (Fsp3) is 0.682. The molecule has 6 nitrogen and oxygen atoms in total. The van der Waals surface area contributed by atoms with Crippen molar-refractivity contribution in [2.75, 3.05) is 59.5 Å². The van der Waals surface area contributed by atoms with E-state index in [2.05, 4.69) is 15.9 Å². The van der Waals surface area contributed by atoms with Gasteiger partial charge in [-0.15, -0.1) is 0 Å². The van der Waals surface area contributed by atoms with Gasteiger partial charge in [-0.2, -0.15) is 0 Å². The summed E-state index contributed by atoms with van der Waals surface area (Å²) in [4.78, 5) is 11.8. The maximum Gasteiger partial charge on any atom is 0.135 e. The van der Waals surface area contributed by atoms with Gasteiger partial charge in [0.1, 0.15) is 11.5 Å². The Bertz CT molecular complexity index is 509. The lowest BCUT2D eigenvalue weighted by Gasteiger charge is -2.07. The molecule has 0 heterocycles. The van der Waals surface area contributed by atoms with Crippen LogP contribution in [0.4, 0.5) is 0 Å². The summed E-state index contributed by atoms with van der Waals surface area (Å²) >= 11 is 3.40. The molecule has 0 saturated heterocycles. The van der Waals surface area contributed by atoms with Gasteiger partial charge < -0.3 is 23.7 Å².